The zero-order chi connectivity index (χ0) is 30.7. The Hall–Kier alpha value is -2.02. The van der Waals surface area contributed by atoms with Crippen LogP contribution in [0.15, 0.2) is 94.3 Å². The average molecular weight is 733 g/mol. The van der Waals surface area contributed by atoms with Crippen molar-refractivity contribution in [2.45, 2.75) is 79.1 Å². The number of aryl methyl sites for hydroxylation is 1. The second-order valence-corrected chi connectivity index (χ2v) is 20.7. The summed E-state index contributed by atoms with van der Waals surface area (Å²) in [7, 11) is 0. The standard InChI is InChI=1S/C23H29.C13H9Cl.C5H5.2ClH.Zr/c1-14-9-16-11-17-10-15(2)21(23(6,7)8)13-19(17)18(16)12-20(14)22(3,4)5;14-13-8-6-12(7-9-13)10-11-4-2-1-3-5-11;1-2-4-5-3-1;;;/h9,12-13H,11H2,1-8H3;1-9H;1-3H,4H2;2*1H;/q;;;;;+2/p-2. The molecule has 0 saturated carbocycles. The van der Waals surface area contributed by atoms with Crippen molar-refractivity contribution in [1.29, 1.82) is 0 Å². The molecule has 232 valence electrons. The van der Waals surface area contributed by atoms with Gasteiger partial charge in [-0.1, -0.05) is 0 Å². The van der Waals surface area contributed by atoms with Gasteiger partial charge in [-0.2, -0.15) is 0 Å². The molecule has 0 spiro atoms. The van der Waals surface area contributed by atoms with Crippen LogP contribution in [0.4, 0.5) is 0 Å². The van der Waals surface area contributed by atoms with Gasteiger partial charge in [0.05, 0.1) is 0 Å². The summed E-state index contributed by atoms with van der Waals surface area (Å²) in [6, 6.07) is 27.4. The molecule has 0 saturated heterocycles. The van der Waals surface area contributed by atoms with Crippen molar-refractivity contribution in [3.05, 3.63) is 144 Å². The monoisotopic (exact) mass is 730 g/mol. The molecule has 4 aromatic carbocycles. The Morgan fingerprint density at radius 3 is 1.91 bits per heavy atom. The van der Waals surface area contributed by atoms with Crippen LogP contribution >= 0.6 is 11.6 Å². The molecular formula is C41H43Cl3Zr. The molecular weight excluding hydrogens is 690 g/mol. The maximum absolute atomic E-state index is 6.45. The van der Waals surface area contributed by atoms with Gasteiger partial charge in [-0.05, 0) is 0 Å². The number of halogens is 3. The number of allylic oxidation sites excluding steroid dienone is 4. The molecule has 0 aliphatic heterocycles. The topological polar surface area (TPSA) is 0 Å². The minimum Gasteiger partial charge on any atom is -1.00 e. The summed E-state index contributed by atoms with van der Waals surface area (Å²) in [4.78, 5) is 0. The zero-order valence-corrected chi connectivity index (χ0v) is 32.4. The van der Waals surface area contributed by atoms with Gasteiger partial charge in [-0.15, -0.1) is 0 Å². The van der Waals surface area contributed by atoms with E-state index in [9.17, 15) is 0 Å². The fraction of sp³-hybridized carbons (Fsp3) is 0.293. The van der Waals surface area contributed by atoms with Crippen LogP contribution in [0, 0.1) is 13.8 Å². The van der Waals surface area contributed by atoms with E-state index in [2.05, 4.69) is 146 Å². The average Bonchev–Trinajstić information content (AvgIpc) is 3.59. The predicted molar refractivity (Wildman–Crippen MR) is 184 cm³/mol. The minimum absolute atomic E-state index is 0. The minimum atomic E-state index is -2.78. The third-order valence-corrected chi connectivity index (χ3v) is 17.5. The first-order valence-corrected chi connectivity index (χ1v) is 19.6. The molecule has 0 amide bonds. The van der Waals surface area contributed by atoms with Gasteiger partial charge in [-0.25, -0.2) is 0 Å². The number of benzene rings is 4. The van der Waals surface area contributed by atoms with Crippen LogP contribution in [-0.4, -0.2) is 3.21 Å². The summed E-state index contributed by atoms with van der Waals surface area (Å²) in [5.74, 6) is 0. The molecule has 0 atom stereocenters. The van der Waals surface area contributed by atoms with Crippen LogP contribution in [0.1, 0.15) is 92.5 Å². The molecule has 0 radical (unpaired) electrons. The SMILES string of the molecule is Cc1cc2c(cc1C(C)(C)C)-c1cc(C(C)(C)C)c(C)[c](/[Zr+2]([C]3=CC=CC3)=[C](/c3ccccc3)c3ccc(Cl)cc3)c1C2.[Cl-].[Cl-]. The van der Waals surface area contributed by atoms with Gasteiger partial charge >= 0.3 is 273 Å². The molecule has 0 heterocycles. The van der Waals surface area contributed by atoms with Crippen molar-refractivity contribution in [3.63, 3.8) is 0 Å². The number of fused-ring (bicyclic) bond motifs is 3. The number of rotatable bonds is 4. The largest absolute Gasteiger partial charge is 1.00 e. The van der Waals surface area contributed by atoms with Crippen LogP contribution in [0.5, 0.6) is 0 Å². The van der Waals surface area contributed by atoms with E-state index in [1.54, 1.807) is 15.3 Å². The van der Waals surface area contributed by atoms with Gasteiger partial charge < -0.3 is 24.8 Å². The first kappa shape index (κ1) is 35.8. The molecule has 45 heavy (non-hydrogen) atoms. The number of hydrogen-bond acceptors (Lipinski definition) is 0. The Balaban J connectivity index is 0.00000230. The van der Waals surface area contributed by atoms with E-state index >= 15 is 0 Å². The summed E-state index contributed by atoms with van der Waals surface area (Å²) < 4.78 is 4.88. The molecule has 6 rings (SSSR count). The first-order valence-electron chi connectivity index (χ1n) is 15.6. The fourth-order valence-electron chi connectivity index (χ4n) is 7.30. The van der Waals surface area contributed by atoms with Gasteiger partial charge in [0.25, 0.3) is 0 Å². The zero-order valence-electron chi connectivity index (χ0n) is 27.7. The van der Waals surface area contributed by atoms with Crippen molar-refractivity contribution in [2.24, 2.45) is 0 Å². The van der Waals surface area contributed by atoms with E-state index in [1.165, 1.54) is 50.1 Å². The maximum atomic E-state index is 6.45. The Bertz CT molecular complexity index is 1830. The molecule has 0 nitrogen and oxygen atoms in total. The van der Waals surface area contributed by atoms with E-state index < -0.39 is 21.3 Å². The maximum Gasteiger partial charge on any atom is -1.00 e. The molecule has 4 aromatic rings. The van der Waals surface area contributed by atoms with Crippen molar-refractivity contribution in [2.75, 3.05) is 0 Å². The second-order valence-electron chi connectivity index (χ2n) is 14.4. The van der Waals surface area contributed by atoms with Gasteiger partial charge in [0.2, 0.25) is 0 Å². The van der Waals surface area contributed by atoms with Gasteiger partial charge in [0, 0.05) is 0 Å². The molecule has 0 aromatic heterocycles. The number of hydrogen-bond donors (Lipinski definition) is 0. The van der Waals surface area contributed by atoms with Crippen LogP contribution in [0.25, 0.3) is 11.1 Å². The molecule has 0 unspecified atom stereocenters. The Labute approximate surface area is 296 Å². The quantitative estimate of drug-likeness (QED) is 0.256. The van der Waals surface area contributed by atoms with E-state index in [0.29, 0.717) is 0 Å². The molecule has 0 fully saturated rings. The molecule has 2 aliphatic carbocycles. The second kappa shape index (κ2) is 13.6. The van der Waals surface area contributed by atoms with Gasteiger partial charge in [0.1, 0.15) is 0 Å². The van der Waals surface area contributed by atoms with E-state index in [1.807, 2.05) is 0 Å². The Kier molecular flexibility index (Phi) is 10.8. The Morgan fingerprint density at radius 2 is 1.33 bits per heavy atom. The molecule has 0 bridgehead atoms. The van der Waals surface area contributed by atoms with E-state index in [-0.39, 0.29) is 35.6 Å². The van der Waals surface area contributed by atoms with E-state index in [4.69, 9.17) is 11.6 Å². The first-order chi connectivity index (χ1) is 20.3. The van der Waals surface area contributed by atoms with Crippen LogP contribution in [0.2, 0.25) is 5.02 Å². The Morgan fingerprint density at radius 1 is 0.733 bits per heavy atom. The summed E-state index contributed by atoms with van der Waals surface area (Å²) in [5, 5.41) is 0.787. The van der Waals surface area contributed by atoms with Crippen molar-refractivity contribution in [1.82, 2.24) is 0 Å². The normalized spacial score (nSPS) is 13.8. The molecule has 2 aliphatic rings. The van der Waals surface area contributed by atoms with Crippen molar-refractivity contribution < 1.29 is 46.1 Å². The molecule has 0 N–H and O–H groups in total. The van der Waals surface area contributed by atoms with Gasteiger partial charge in [0.15, 0.2) is 0 Å². The van der Waals surface area contributed by atoms with Crippen LogP contribution in [-0.2, 0) is 38.5 Å². The summed E-state index contributed by atoms with van der Waals surface area (Å²) in [5.41, 5.74) is 14.7. The van der Waals surface area contributed by atoms with E-state index in [0.717, 1.165) is 17.9 Å². The smallest absolute Gasteiger partial charge is 1.00 e. The summed E-state index contributed by atoms with van der Waals surface area (Å²) in [6.45, 7) is 18.9. The van der Waals surface area contributed by atoms with Crippen LogP contribution < -0.4 is 28.1 Å². The fourth-order valence-corrected chi connectivity index (χ4v) is 15.8. The third-order valence-electron chi connectivity index (χ3n) is 9.21. The van der Waals surface area contributed by atoms with Crippen molar-refractivity contribution in [3.8, 4) is 11.1 Å². The summed E-state index contributed by atoms with van der Waals surface area (Å²) in [6.07, 6.45) is 9.17. The van der Waals surface area contributed by atoms with Gasteiger partial charge in [-0.3, -0.25) is 0 Å². The van der Waals surface area contributed by atoms with Crippen LogP contribution in [0.3, 0.4) is 0 Å². The summed E-state index contributed by atoms with van der Waals surface area (Å²) >= 11 is 3.67. The molecule has 4 heteroatoms. The van der Waals surface area contributed by atoms with Crippen molar-refractivity contribution >= 4 is 18.1 Å². The third kappa shape index (κ3) is 6.85. The predicted octanol–water partition coefficient (Wildman–Crippen LogP) is 4.49.